The van der Waals surface area contributed by atoms with Crippen molar-refractivity contribution in [3.8, 4) is 11.5 Å². The Hall–Kier alpha value is -1.67. The molecule has 0 aliphatic heterocycles. The van der Waals surface area contributed by atoms with Gasteiger partial charge in [0.25, 0.3) is 0 Å². The van der Waals surface area contributed by atoms with Crippen LogP contribution in [0.15, 0.2) is 23.1 Å². The molecule has 1 aliphatic carbocycles. The Balaban J connectivity index is 1.64. The zero-order valence-corrected chi connectivity index (χ0v) is 10.3. The smallest absolute Gasteiger partial charge is 0.241 e. The number of nitrogens with one attached hydrogen (secondary N) is 1. The van der Waals surface area contributed by atoms with Crippen molar-refractivity contribution in [3.63, 3.8) is 0 Å². The van der Waals surface area contributed by atoms with Crippen molar-refractivity contribution in [3.05, 3.63) is 24.5 Å². The summed E-state index contributed by atoms with van der Waals surface area (Å²) < 4.78 is 19.5. The Morgan fingerprint density at radius 3 is 3.06 bits per heavy atom. The third-order valence-corrected chi connectivity index (χ3v) is 3.96. The summed E-state index contributed by atoms with van der Waals surface area (Å²) in [7, 11) is -1.00. The standard InChI is InChI=1S/C10H11N5O2S/c16-18(7-1-2-7)13-6-9-14-10(15-17-9)8-5-11-3-4-12-8/h3-5,7,13H,1-2,6H2. The van der Waals surface area contributed by atoms with Crippen LogP contribution in [-0.2, 0) is 17.5 Å². The van der Waals surface area contributed by atoms with Gasteiger partial charge in [-0.1, -0.05) is 5.16 Å². The lowest BCUT2D eigenvalue weighted by atomic mass is 10.4. The summed E-state index contributed by atoms with van der Waals surface area (Å²) >= 11 is 0. The van der Waals surface area contributed by atoms with E-state index in [1.165, 1.54) is 0 Å². The Morgan fingerprint density at radius 2 is 2.33 bits per heavy atom. The second kappa shape index (κ2) is 4.91. The van der Waals surface area contributed by atoms with Crippen molar-refractivity contribution in [1.29, 1.82) is 0 Å². The fourth-order valence-electron chi connectivity index (χ4n) is 1.38. The summed E-state index contributed by atoms with van der Waals surface area (Å²) in [6.45, 7) is 0.302. The van der Waals surface area contributed by atoms with E-state index in [9.17, 15) is 4.21 Å². The maximum absolute atomic E-state index is 11.5. The molecule has 1 fully saturated rings. The van der Waals surface area contributed by atoms with Crippen LogP contribution in [0.1, 0.15) is 18.7 Å². The number of aromatic nitrogens is 4. The van der Waals surface area contributed by atoms with Gasteiger partial charge in [-0.05, 0) is 12.8 Å². The molecule has 94 valence electrons. The Kier molecular flexibility index (Phi) is 3.11. The average Bonchev–Trinajstić information content (AvgIpc) is 3.16. The van der Waals surface area contributed by atoms with Crippen molar-refractivity contribution < 1.29 is 8.73 Å². The monoisotopic (exact) mass is 265 g/mol. The predicted molar refractivity (Wildman–Crippen MR) is 63.3 cm³/mol. The van der Waals surface area contributed by atoms with Gasteiger partial charge in [-0.2, -0.15) is 4.98 Å². The lowest BCUT2D eigenvalue weighted by Crippen LogP contribution is -2.20. The molecule has 2 aromatic rings. The van der Waals surface area contributed by atoms with Crippen LogP contribution in [0.4, 0.5) is 0 Å². The molecule has 18 heavy (non-hydrogen) atoms. The van der Waals surface area contributed by atoms with Crippen LogP contribution in [0.25, 0.3) is 11.5 Å². The Morgan fingerprint density at radius 1 is 1.44 bits per heavy atom. The van der Waals surface area contributed by atoms with Gasteiger partial charge >= 0.3 is 0 Å². The fourth-order valence-corrected chi connectivity index (χ4v) is 2.44. The topological polar surface area (TPSA) is 93.8 Å². The molecule has 1 unspecified atom stereocenters. The summed E-state index contributed by atoms with van der Waals surface area (Å²) in [6.07, 6.45) is 6.74. The van der Waals surface area contributed by atoms with Crippen LogP contribution in [0.5, 0.6) is 0 Å². The van der Waals surface area contributed by atoms with E-state index in [4.69, 9.17) is 4.52 Å². The maximum Gasteiger partial charge on any atom is 0.241 e. The average molecular weight is 265 g/mol. The molecule has 0 amide bonds. The third kappa shape index (κ3) is 2.59. The minimum atomic E-state index is -1.00. The minimum absolute atomic E-state index is 0.285. The first-order valence-corrected chi connectivity index (χ1v) is 6.77. The van der Waals surface area contributed by atoms with Gasteiger partial charge < -0.3 is 4.52 Å². The number of hydrogen-bond donors (Lipinski definition) is 1. The second-order valence-electron chi connectivity index (χ2n) is 3.92. The first kappa shape index (κ1) is 11.4. The van der Waals surface area contributed by atoms with E-state index < -0.39 is 11.0 Å². The van der Waals surface area contributed by atoms with Gasteiger partial charge in [0, 0.05) is 17.6 Å². The molecule has 1 N–H and O–H groups in total. The summed E-state index contributed by atoms with van der Waals surface area (Å²) in [4.78, 5) is 12.2. The number of rotatable bonds is 5. The molecule has 1 aliphatic rings. The van der Waals surface area contributed by atoms with E-state index in [0.717, 1.165) is 12.8 Å². The number of nitrogens with zero attached hydrogens (tertiary/aromatic N) is 4. The molecule has 1 saturated carbocycles. The van der Waals surface area contributed by atoms with Gasteiger partial charge in [-0.3, -0.25) is 4.98 Å². The van der Waals surface area contributed by atoms with E-state index >= 15 is 0 Å². The van der Waals surface area contributed by atoms with Crippen LogP contribution in [0.3, 0.4) is 0 Å². The highest BCUT2D eigenvalue weighted by Gasteiger charge is 2.28. The zero-order valence-electron chi connectivity index (χ0n) is 9.44. The van der Waals surface area contributed by atoms with Crippen LogP contribution < -0.4 is 4.72 Å². The first-order valence-electron chi connectivity index (χ1n) is 5.56. The van der Waals surface area contributed by atoms with Crippen molar-refractivity contribution in [2.45, 2.75) is 24.6 Å². The van der Waals surface area contributed by atoms with Gasteiger partial charge in [0.1, 0.15) is 5.69 Å². The highest BCUT2D eigenvalue weighted by atomic mass is 32.2. The molecule has 0 aromatic carbocycles. The Bertz CT molecular complexity index is 554. The van der Waals surface area contributed by atoms with E-state index in [0.29, 0.717) is 24.0 Å². The van der Waals surface area contributed by atoms with Crippen molar-refractivity contribution in [2.75, 3.05) is 0 Å². The summed E-state index contributed by atoms with van der Waals surface area (Å²) in [5, 5.41) is 4.08. The highest BCUT2D eigenvalue weighted by Crippen LogP contribution is 2.24. The molecular formula is C10H11N5O2S. The molecule has 7 nitrogen and oxygen atoms in total. The van der Waals surface area contributed by atoms with Crippen LogP contribution in [0.2, 0.25) is 0 Å². The van der Waals surface area contributed by atoms with Gasteiger partial charge in [-0.15, -0.1) is 0 Å². The van der Waals surface area contributed by atoms with Crippen molar-refractivity contribution in [1.82, 2.24) is 24.8 Å². The molecule has 0 radical (unpaired) electrons. The molecule has 8 heteroatoms. The summed E-state index contributed by atoms with van der Waals surface area (Å²) in [5.41, 5.74) is 0.552. The molecule has 0 saturated heterocycles. The fraction of sp³-hybridized carbons (Fsp3) is 0.400. The quantitative estimate of drug-likeness (QED) is 0.843. The van der Waals surface area contributed by atoms with Gasteiger partial charge in [-0.25, -0.2) is 13.9 Å². The number of hydrogen-bond acceptors (Lipinski definition) is 6. The van der Waals surface area contributed by atoms with Crippen LogP contribution >= 0.6 is 0 Å². The second-order valence-corrected chi connectivity index (χ2v) is 5.47. The van der Waals surface area contributed by atoms with Gasteiger partial charge in [0.15, 0.2) is 0 Å². The molecule has 1 atom stereocenters. The third-order valence-electron chi connectivity index (χ3n) is 2.45. The molecule has 0 spiro atoms. The largest absolute Gasteiger partial charge is 0.337 e. The summed E-state index contributed by atoms with van der Waals surface area (Å²) in [5.74, 6) is 0.779. The van der Waals surface area contributed by atoms with Gasteiger partial charge in [0.05, 0.1) is 23.7 Å². The molecule has 2 aromatic heterocycles. The lowest BCUT2D eigenvalue weighted by molar-refractivity contribution is 0.377. The molecular weight excluding hydrogens is 254 g/mol. The SMILES string of the molecule is O=S(NCc1nc(-c2cnccn2)no1)C1CC1. The molecule has 3 rings (SSSR count). The zero-order chi connectivity index (χ0) is 12.4. The van der Waals surface area contributed by atoms with Gasteiger partial charge in [0.2, 0.25) is 11.7 Å². The minimum Gasteiger partial charge on any atom is -0.337 e. The van der Waals surface area contributed by atoms with Crippen molar-refractivity contribution in [2.24, 2.45) is 0 Å². The van der Waals surface area contributed by atoms with E-state index in [1.807, 2.05) is 0 Å². The normalized spacial score (nSPS) is 16.7. The van der Waals surface area contributed by atoms with Crippen molar-refractivity contribution >= 4 is 11.0 Å². The van der Waals surface area contributed by atoms with Crippen LogP contribution in [0, 0.1) is 0 Å². The lowest BCUT2D eigenvalue weighted by Gasteiger charge is -1.97. The van der Waals surface area contributed by atoms with E-state index in [1.54, 1.807) is 18.6 Å². The van der Waals surface area contributed by atoms with E-state index in [-0.39, 0.29) is 5.25 Å². The van der Waals surface area contributed by atoms with Crippen LogP contribution in [-0.4, -0.2) is 29.6 Å². The highest BCUT2D eigenvalue weighted by molar-refractivity contribution is 7.83. The predicted octanol–water partition coefficient (Wildman–Crippen LogP) is 0.442. The summed E-state index contributed by atoms with van der Waals surface area (Å²) in [6, 6.07) is 0. The maximum atomic E-state index is 11.5. The first-order chi connectivity index (χ1) is 8.83. The van der Waals surface area contributed by atoms with E-state index in [2.05, 4.69) is 24.8 Å². The molecule has 2 heterocycles. The Labute approximate surface area is 106 Å². The molecule has 0 bridgehead atoms.